The molecule has 0 aliphatic rings. The summed E-state index contributed by atoms with van der Waals surface area (Å²) in [7, 11) is -3.66. The van der Waals surface area contributed by atoms with Gasteiger partial charge in [-0.15, -0.1) is 0 Å². The van der Waals surface area contributed by atoms with Gasteiger partial charge in [0.05, 0.1) is 0 Å². The van der Waals surface area contributed by atoms with E-state index < -0.39 is 7.60 Å². The molecule has 0 amide bonds. The van der Waals surface area contributed by atoms with E-state index in [1.54, 1.807) is 25.1 Å². The molecule has 1 aromatic rings. The zero-order chi connectivity index (χ0) is 9.90. The Balaban J connectivity index is 2.93. The standard InChI is InChI=1S/C9H11O3P/c1-3-13(10,11)12-9-7-5-4-6-8(9)2/h3-7H,1H2,2H3,(H,10,11). The van der Waals surface area contributed by atoms with E-state index in [0.717, 1.165) is 11.4 Å². The Kier molecular flexibility index (Phi) is 2.91. The van der Waals surface area contributed by atoms with Crippen LogP contribution in [0.3, 0.4) is 0 Å². The van der Waals surface area contributed by atoms with Gasteiger partial charge >= 0.3 is 7.60 Å². The van der Waals surface area contributed by atoms with Gasteiger partial charge in [-0.3, -0.25) is 0 Å². The van der Waals surface area contributed by atoms with Gasteiger partial charge in [-0.1, -0.05) is 24.8 Å². The summed E-state index contributed by atoms with van der Waals surface area (Å²) in [5.74, 6) is 1.33. The van der Waals surface area contributed by atoms with Crippen molar-refractivity contribution in [3.8, 4) is 5.75 Å². The van der Waals surface area contributed by atoms with Crippen molar-refractivity contribution in [2.45, 2.75) is 6.92 Å². The molecule has 1 aromatic carbocycles. The average molecular weight is 198 g/mol. The Morgan fingerprint density at radius 1 is 1.54 bits per heavy atom. The molecule has 0 aliphatic heterocycles. The molecule has 0 saturated heterocycles. The van der Waals surface area contributed by atoms with E-state index in [9.17, 15) is 4.57 Å². The first-order valence-electron chi connectivity index (χ1n) is 3.76. The maximum atomic E-state index is 11.1. The molecule has 1 atom stereocenters. The lowest BCUT2D eigenvalue weighted by atomic mass is 10.2. The van der Waals surface area contributed by atoms with Crippen molar-refractivity contribution in [3.63, 3.8) is 0 Å². The summed E-state index contributed by atoms with van der Waals surface area (Å²) in [6.45, 7) is 5.02. The number of benzene rings is 1. The Hall–Kier alpha value is -1.05. The van der Waals surface area contributed by atoms with Crippen LogP contribution < -0.4 is 4.52 Å². The number of aryl methyl sites for hydroxylation is 1. The Bertz CT molecular complexity index is 360. The van der Waals surface area contributed by atoms with E-state index in [4.69, 9.17) is 9.42 Å². The number of hydrogen-bond acceptors (Lipinski definition) is 2. The zero-order valence-corrected chi connectivity index (χ0v) is 8.20. The van der Waals surface area contributed by atoms with Crippen LogP contribution in [0.5, 0.6) is 5.75 Å². The summed E-state index contributed by atoms with van der Waals surface area (Å²) in [6, 6.07) is 7.02. The van der Waals surface area contributed by atoms with Crippen LogP contribution in [0.2, 0.25) is 0 Å². The summed E-state index contributed by atoms with van der Waals surface area (Å²) in [5.41, 5.74) is 0.818. The first-order chi connectivity index (χ1) is 6.05. The maximum absolute atomic E-state index is 11.1. The van der Waals surface area contributed by atoms with Gasteiger partial charge in [0, 0.05) is 5.82 Å². The molecule has 13 heavy (non-hydrogen) atoms. The van der Waals surface area contributed by atoms with Gasteiger partial charge in [0.25, 0.3) is 0 Å². The third-order valence-electron chi connectivity index (χ3n) is 1.55. The first kappa shape index (κ1) is 10.0. The second-order valence-electron chi connectivity index (χ2n) is 2.60. The molecule has 1 rings (SSSR count). The third-order valence-corrected chi connectivity index (χ3v) is 2.47. The van der Waals surface area contributed by atoms with E-state index in [-0.39, 0.29) is 0 Å². The van der Waals surface area contributed by atoms with Crippen molar-refractivity contribution in [1.82, 2.24) is 0 Å². The highest BCUT2D eigenvalue weighted by Gasteiger charge is 2.15. The molecule has 4 heteroatoms. The van der Waals surface area contributed by atoms with Gasteiger partial charge in [-0.05, 0) is 18.6 Å². The van der Waals surface area contributed by atoms with Gasteiger partial charge < -0.3 is 9.42 Å². The lowest BCUT2D eigenvalue weighted by molar-refractivity contribution is 0.391. The lowest BCUT2D eigenvalue weighted by Gasteiger charge is -2.10. The summed E-state index contributed by atoms with van der Waals surface area (Å²) in [5, 5.41) is 0. The lowest BCUT2D eigenvalue weighted by Crippen LogP contribution is -1.90. The van der Waals surface area contributed by atoms with Crippen LogP contribution in [0.1, 0.15) is 5.56 Å². The van der Waals surface area contributed by atoms with Crippen LogP contribution in [0.4, 0.5) is 0 Å². The smallest absolute Gasteiger partial charge is 0.400 e. The second-order valence-corrected chi connectivity index (χ2v) is 4.28. The van der Waals surface area contributed by atoms with Crippen LogP contribution in [0.15, 0.2) is 36.7 Å². The monoisotopic (exact) mass is 198 g/mol. The highest BCUT2D eigenvalue weighted by atomic mass is 31.2. The molecule has 1 unspecified atom stereocenters. The quantitative estimate of drug-likeness (QED) is 0.759. The fraction of sp³-hybridized carbons (Fsp3) is 0.111. The molecule has 0 bridgehead atoms. The van der Waals surface area contributed by atoms with Crippen LogP contribution in [0, 0.1) is 6.92 Å². The predicted molar refractivity (Wildman–Crippen MR) is 51.8 cm³/mol. The fourth-order valence-electron chi connectivity index (χ4n) is 0.837. The fourth-order valence-corrected chi connectivity index (χ4v) is 1.40. The van der Waals surface area contributed by atoms with E-state index in [0.29, 0.717) is 5.75 Å². The summed E-state index contributed by atoms with van der Waals surface area (Å²) in [6.07, 6.45) is 0. The van der Waals surface area contributed by atoms with E-state index in [2.05, 4.69) is 6.58 Å². The van der Waals surface area contributed by atoms with Gasteiger partial charge in [-0.2, -0.15) is 0 Å². The van der Waals surface area contributed by atoms with Crippen molar-refractivity contribution in [2.24, 2.45) is 0 Å². The summed E-state index contributed by atoms with van der Waals surface area (Å²) >= 11 is 0. The Morgan fingerprint density at radius 3 is 2.69 bits per heavy atom. The summed E-state index contributed by atoms with van der Waals surface area (Å²) < 4.78 is 16.0. The molecule has 0 heterocycles. The molecule has 3 nitrogen and oxygen atoms in total. The molecule has 0 aliphatic carbocycles. The highest BCUT2D eigenvalue weighted by molar-refractivity contribution is 7.56. The molecule has 1 N–H and O–H groups in total. The van der Waals surface area contributed by atoms with Crippen LogP contribution >= 0.6 is 7.60 Å². The molecular weight excluding hydrogens is 187 g/mol. The second kappa shape index (κ2) is 3.77. The van der Waals surface area contributed by atoms with E-state index in [1.807, 2.05) is 6.07 Å². The van der Waals surface area contributed by atoms with Crippen molar-refractivity contribution < 1.29 is 14.0 Å². The first-order valence-corrected chi connectivity index (χ1v) is 5.41. The van der Waals surface area contributed by atoms with Crippen molar-refractivity contribution in [1.29, 1.82) is 0 Å². The van der Waals surface area contributed by atoms with Crippen molar-refractivity contribution >= 4 is 7.60 Å². The van der Waals surface area contributed by atoms with Crippen LogP contribution in [0.25, 0.3) is 0 Å². The van der Waals surface area contributed by atoms with Gasteiger partial charge in [-0.25, -0.2) is 4.57 Å². The maximum Gasteiger partial charge on any atom is 0.400 e. The van der Waals surface area contributed by atoms with Crippen LogP contribution in [-0.2, 0) is 4.57 Å². The minimum absolute atomic E-state index is 0.410. The number of hydrogen-bond donors (Lipinski definition) is 1. The molecule has 0 spiro atoms. The number of para-hydroxylation sites is 1. The van der Waals surface area contributed by atoms with Crippen molar-refractivity contribution in [3.05, 3.63) is 42.2 Å². The van der Waals surface area contributed by atoms with Gasteiger partial charge in [0.15, 0.2) is 0 Å². The number of rotatable bonds is 3. The highest BCUT2D eigenvalue weighted by Crippen LogP contribution is 2.44. The molecule has 0 aromatic heterocycles. The molecular formula is C9H11O3P. The minimum atomic E-state index is -3.66. The van der Waals surface area contributed by atoms with Gasteiger partial charge in [0.1, 0.15) is 5.75 Å². The molecule has 0 radical (unpaired) electrons. The Labute approximate surface area is 77.2 Å². The SMILES string of the molecule is C=CP(=O)(O)Oc1ccccc1C. The third kappa shape index (κ3) is 2.72. The van der Waals surface area contributed by atoms with E-state index >= 15 is 0 Å². The molecule has 0 saturated carbocycles. The topological polar surface area (TPSA) is 46.5 Å². The molecule has 70 valence electrons. The summed E-state index contributed by atoms with van der Waals surface area (Å²) in [4.78, 5) is 9.12. The van der Waals surface area contributed by atoms with Crippen LogP contribution in [-0.4, -0.2) is 4.89 Å². The minimum Gasteiger partial charge on any atom is -0.421 e. The normalized spacial score (nSPS) is 14.6. The zero-order valence-electron chi connectivity index (χ0n) is 7.30. The Morgan fingerprint density at radius 2 is 2.15 bits per heavy atom. The largest absolute Gasteiger partial charge is 0.421 e. The molecule has 0 fully saturated rings. The van der Waals surface area contributed by atoms with Gasteiger partial charge in [0.2, 0.25) is 0 Å². The van der Waals surface area contributed by atoms with Crippen molar-refractivity contribution in [2.75, 3.05) is 0 Å². The predicted octanol–water partition coefficient (Wildman–Crippen LogP) is 2.70. The van der Waals surface area contributed by atoms with E-state index in [1.165, 1.54) is 0 Å². The average Bonchev–Trinajstić information content (AvgIpc) is 2.09.